The van der Waals surface area contributed by atoms with Gasteiger partial charge in [-0.1, -0.05) is 6.92 Å². The zero-order valence-electron chi connectivity index (χ0n) is 10.8. The molecule has 0 atom stereocenters. The van der Waals surface area contributed by atoms with Crippen molar-refractivity contribution < 1.29 is 0 Å². The van der Waals surface area contributed by atoms with Crippen molar-refractivity contribution in [2.75, 3.05) is 24.5 Å². The van der Waals surface area contributed by atoms with Crippen LogP contribution in [0.5, 0.6) is 0 Å². The monoisotopic (exact) mass is 264 g/mol. The molecular weight excluding hydrogens is 244 g/mol. The van der Waals surface area contributed by atoms with E-state index in [1.807, 2.05) is 0 Å². The minimum Gasteiger partial charge on any atom is -0.356 e. The summed E-state index contributed by atoms with van der Waals surface area (Å²) in [7, 11) is 0. The lowest BCUT2D eigenvalue weighted by Crippen LogP contribution is -2.36. The van der Waals surface area contributed by atoms with Crippen LogP contribution in [0.2, 0.25) is 0 Å². The zero-order chi connectivity index (χ0) is 12.5. The van der Waals surface area contributed by atoms with E-state index < -0.39 is 0 Å². The lowest BCUT2D eigenvalue weighted by atomic mass is 9.98. The molecule has 3 rings (SSSR count). The van der Waals surface area contributed by atoms with Crippen molar-refractivity contribution in [1.82, 2.24) is 15.3 Å². The Morgan fingerprint density at radius 3 is 2.89 bits per heavy atom. The summed E-state index contributed by atoms with van der Waals surface area (Å²) in [6, 6.07) is 0. The third kappa shape index (κ3) is 2.29. The van der Waals surface area contributed by atoms with E-state index in [0.29, 0.717) is 4.77 Å². The Balaban J connectivity index is 1.95. The molecule has 1 aromatic rings. The van der Waals surface area contributed by atoms with E-state index in [1.165, 1.54) is 24.1 Å². The van der Waals surface area contributed by atoms with E-state index in [9.17, 15) is 0 Å². The van der Waals surface area contributed by atoms with E-state index in [1.54, 1.807) is 0 Å². The largest absolute Gasteiger partial charge is 0.356 e. The fourth-order valence-corrected chi connectivity index (χ4v) is 3.05. The Morgan fingerprint density at radius 1 is 1.33 bits per heavy atom. The molecule has 1 fully saturated rings. The first-order valence-electron chi connectivity index (χ1n) is 6.82. The fraction of sp³-hybridized carbons (Fsp3) is 0.692. The Hall–Kier alpha value is -0.940. The molecule has 0 saturated carbocycles. The maximum absolute atomic E-state index is 5.26. The summed E-state index contributed by atoms with van der Waals surface area (Å²) >= 11 is 5.26. The molecular formula is C13H20N4S. The average Bonchev–Trinajstić information content (AvgIpc) is 2.38. The van der Waals surface area contributed by atoms with Gasteiger partial charge in [0.1, 0.15) is 5.82 Å². The highest BCUT2D eigenvalue weighted by atomic mass is 32.1. The molecule has 0 spiro atoms. The Kier molecular flexibility index (Phi) is 3.35. The third-order valence-electron chi connectivity index (χ3n) is 4.04. The van der Waals surface area contributed by atoms with E-state index in [2.05, 4.69) is 27.1 Å². The van der Waals surface area contributed by atoms with Crippen LogP contribution in [0.15, 0.2) is 0 Å². The molecule has 0 aliphatic carbocycles. The number of piperidine rings is 1. The van der Waals surface area contributed by atoms with E-state index >= 15 is 0 Å². The molecule has 1 aromatic heterocycles. The Morgan fingerprint density at radius 2 is 2.11 bits per heavy atom. The smallest absolute Gasteiger partial charge is 0.198 e. The number of fused-ring (bicyclic) bond motifs is 1. The molecule has 0 amide bonds. The van der Waals surface area contributed by atoms with Gasteiger partial charge in [0.05, 0.1) is 0 Å². The van der Waals surface area contributed by atoms with Gasteiger partial charge in [0, 0.05) is 43.9 Å². The van der Waals surface area contributed by atoms with Gasteiger partial charge in [0.2, 0.25) is 0 Å². The fourth-order valence-electron chi connectivity index (χ4n) is 2.84. The van der Waals surface area contributed by atoms with Crippen molar-refractivity contribution in [2.45, 2.75) is 32.7 Å². The van der Waals surface area contributed by atoms with Gasteiger partial charge in [0.15, 0.2) is 4.77 Å². The van der Waals surface area contributed by atoms with E-state index in [-0.39, 0.29) is 0 Å². The number of anilines is 1. The SMILES string of the molecule is CC1CCN(c2nc(=S)[nH]c3c2CNCC3)CC1. The van der Waals surface area contributed by atoms with Gasteiger partial charge in [-0.2, -0.15) is 0 Å². The Labute approximate surface area is 113 Å². The summed E-state index contributed by atoms with van der Waals surface area (Å²) in [5.74, 6) is 1.96. The van der Waals surface area contributed by atoms with Crippen LogP contribution >= 0.6 is 12.2 Å². The number of nitrogens with zero attached hydrogens (tertiary/aromatic N) is 2. The summed E-state index contributed by atoms with van der Waals surface area (Å²) in [6.07, 6.45) is 3.54. The van der Waals surface area contributed by atoms with Crippen molar-refractivity contribution in [2.24, 2.45) is 5.92 Å². The number of hydrogen-bond donors (Lipinski definition) is 2. The third-order valence-corrected chi connectivity index (χ3v) is 4.23. The molecule has 2 aliphatic rings. The van der Waals surface area contributed by atoms with Crippen molar-refractivity contribution >= 4 is 18.0 Å². The maximum Gasteiger partial charge on any atom is 0.198 e. The molecule has 5 heteroatoms. The number of rotatable bonds is 1. The maximum atomic E-state index is 5.26. The summed E-state index contributed by atoms with van der Waals surface area (Å²) in [5.41, 5.74) is 2.60. The first-order valence-corrected chi connectivity index (χ1v) is 7.22. The van der Waals surface area contributed by atoms with Gasteiger partial charge in [-0.05, 0) is 31.0 Å². The Bertz CT molecular complexity index is 488. The summed E-state index contributed by atoms with van der Waals surface area (Å²) in [5, 5.41) is 3.43. The molecule has 0 bridgehead atoms. The van der Waals surface area contributed by atoms with Crippen LogP contribution in [-0.4, -0.2) is 29.6 Å². The molecule has 0 unspecified atom stereocenters. The van der Waals surface area contributed by atoms with Gasteiger partial charge in [-0.25, -0.2) is 4.98 Å². The average molecular weight is 264 g/mol. The first kappa shape index (κ1) is 12.1. The van der Waals surface area contributed by atoms with Gasteiger partial charge >= 0.3 is 0 Å². The van der Waals surface area contributed by atoms with Gasteiger partial charge in [-0.3, -0.25) is 0 Å². The molecule has 2 N–H and O–H groups in total. The minimum absolute atomic E-state index is 0.629. The lowest BCUT2D eigenvalue weighted by molar-refractivity contribution is 0.434. The second-order valence-electron chi connectivity index (χ2n) is 5.42. The molecule has 4 nitrogen and oxygen atoms in total. The topological polar surface area (TPSA) is 44.0 Å². The highest BCUT2D eigenvalue weighted by Crippen LogP contribution is 2.27. The minimum atomic E-state index is 0.629. The predicted octanol–water partition coefficient (Wildman–Crippen LogP) is 2.02. The lowest BCUT2D eigenvalue weighted by Gasteiger charge is -2.33. The molecule has 2 aliphatic heterocycles. The zero-order valence-corrected chi connectivity index (χ0v) is 11.6. The molecule has 1 saturated heterocycles. The van der Waals surface area contributed by atoms with Crippen molar-refractivity contribution in [1.29, 1.82) is 0 Å². The van der Waals surface area contributed by atoms with E-state index in [4.69, 9.17) is 12.2 Å². The van der Waals surface area contributed by atoms with Crippen LogP contribution in [0.3, 0.4) is 0 Å². The van der Waals surface area contributed by atoms with E-state index in [0.717, 1.165) is 44.3 Å². The number of nitrogens with one attached hydrogen (secondary N) is 2. The second-order valence-corrected chi connectivity index (χ2v) is 5.81. The van der Waals surface area contributed by atoms with Crippen LogP contribution in [0.1, 0.15) is 31.0 Å². The highest BCUT2D eigenvalue weighted by Gasteiger charge is 2.22. The van der Waals surface area contributed by atoms with Crippen LogP contribution < -0.4 is 10.2 Å². The van der Waals surface area contributed by atoms with Crippen molar-refractivity contribution in [3.63, 3.8) is 0 Å². The molecule has 3 heterocycles. The standard InChI is InChI=1S/C13H20N4S/c1-9-3-6-17(7-4-9)12-10-8-14-5-2-11(10)15-13(18)16-12/h9,14H,2-8H2,1H3,(H,15,16,18). The number of hydrogen-bond acceptors (Lipinski definition) is 4. The molecule has 0 radical (unpaired) electrons. The van der Waals surface area contributed by atoms with Crippen LogP contribution in [0.4, 0.5) is 5.82 Å². The normalized spacial score (nSPS) is 20.8. The quantitative estimate of drug-likeness (QED) is 0.762. The number of aromatic amines is 1. The summed E-state index contributed by atoms with van der Waals surface area (Å²) < 4.78 is 0.629. The van der Waals surface area contributed by atoms with Gasteiger partial charge in [-0.15, -0.1) is 0 Å². The molecule has 0 aromatic carbocycles. The van der Waals surface area contributed by atoms with Gasteiger partial charge < -0.3 is 15.2 Å². The van der Waals surface area contributed by atoms with Crippen LogP contribution in [0.25, 0.3) is 0 Å². The van der Waals surface area contributed by atoms with Crippen molar-refractivity contribution in [3.05, 3.63) is 16.0 Å². The second kappa shape index (κ2) is 4.97. The highest BCUT2D eigenvalue weighted by molar-refractivity contribution is 7.71. The predicted molar refractivity (Wildman–Crippen MR) is 75.4 cm³/mol. The van der Waals surface area contributed by atoms with Crippen molar-refractivity contribution in [3.8, 4) is 0 Å². The van der Waals surface area contributed by atoms with Crippen LogP contribution in [-0.2, 0) is 13.0 Å². The first-order chi connectivity index (χ1) is 8.74. The van der Waals surface area contributed by atoms with Crippen LogP contribution in [0, 0.1) is 10.7 Å². The number of aromatic nitrogens is 2. The summed E-state index contributed by atoms with van der Waals surface area (Å²) in [6.45, 7) is 6.49. The molecule has 18 heavy (non-hydrogen) atoms. The number of H-pyrrole nitrogens is 1. The van der Waals surface area contributed by atoms with Gasteiger partial charge in [0.25, 0.3) is 0 Å². The summed E-state index contributed by atoms with van der Waals surface area (Å²) in [4.78, 5) is 10.2. The molecule has 98 valence electrons.